The van der Waals surface area contributed by atoms with Gasteiger partial charge in [-0.15, -0.1) is 0 Å². The van der Waals surface area contributed by atoms with Crippen LogP contribution in [0.2, 0.25) is 0 Å². The van der Waals surface area contributed by atoms with Crippen molar-refractivity contribution in [3.05, 3.63) is 59.2 Å². The molecule has 0 bridgehead atoms. The lowest BCUT2D eigenvalue weighted by molar-refractivity contribution is -0.122. The molecule has 0 radical (unpaired) electrons. The Hall–Kier alpha value is -2.80. The second-order valence-corrected chi connectivity index (χ2v) is 5.18. The molecule has 0 saturated heterocycles. The fraction of sp³-hybridized carbons (Fsp3) is 0.222. The molecule has 0 aliphatic heterocycles. The van der Waals surface area contributed by atoms with Crippen molar-refractivity contribution in [2.24, 2.45) is 0 Å². The standard InChI is InChI=1S/C18H18N2O2/c1-12-4-9-17(10-13(12)2)22-14(3)18(21)20-16-7-5-15(11-19)6-8-16/h4-10,14H,1-3H3,(H,20,21). The largest absolute Gasteiger partial charge is 0.481 e. The number of carbonyl (C=O) groups excluding carboxylic acids is 1. The third-order valence-electron chi connectivity index (χ3n) is 3.44. The summed E-state index contributed by atoms with van der Waals surface area (Å²) in [5.41, 5.74) is 3.50. The summed E-state index contributed by atoms with van der Waals surface area (Å²) in [5.74, 6) is 0.438. The number of hydrogen-bond acceptors (Lipinski definition) is 3. The van der Waals surface area contributed by atoms with Crippen LogP contribution in [0, 0.1) is 25.2 Å². The molecule has 0 saturated carbocycles. The van der Waals surface area contributed by atoms with E-state index in [0.717, 1.165) is 5.56 Å². The molecule has 0 spiro atoms. The van der Waals surface area contributed by atoms with Crippen LogP contribution in [0.4, 0.5) is 5.69 Å². The van der Waals surface area contributed by atoms with Crippen LogP contribution in [0.5, 0.6) is 5.75 Å². The monoisotopic (exact) mass is 294 g/mol. The molecular formula is C18H18N2O2. The zero-order valence-corrected chi connectivity index (χ0v) is 12.9. The van der Waals surface area contributed by atoms with Gasteiger partial charge in [-0.05, 0) is 68.3 Å². The van der Waals surface area contributed by atoms with Gasteiger partial charge in [-0.2, -0.15) is 5.26 Å². The summed E-state index contributed by atoms with van der Waals surface area (Å²) < 4.78 is 5.66. The molecule has 2 rings (SSSR count). The van der Waals surface area contributed by atoms with E-state index < -0.39 is 6.10 Å². The fourth-order valence-corrected chi connectivity index (χ4v) is 1.92. The first-order valence-corrected chi connectivity index (χ1v) is 7.04. The van der Waals surface area contributed by atoms with Crippen molar-refractivity contribution in [2.45, 2.75) is 26.9 Å². The summed E-state index contributed by atoms with van der Waals surface area (Å²) >= 11 is 0. The Morgan fingerprint density at radius 2 is 1.82 bits per heavy atom. The molecule has 1 amide bonds. The van der Waals surface area contributed by atoms with Crippen molar-refractivity contribution in [3.63, 3.8) is 0 Å². The number of nitriles is 1. The number of benzene rings is 2. The van der Waals surface area contributed by atoms with Crippen LogP contribution in [-0.2, 0) is 4.79 Å². The minimum atomic E-state index is -0.613. The molecule has 2 aromatic rings. The van der Waals surface area contributed by atoms with Crippen molar-refractivity contribution in [3.8, 4) is 11.8 Å². The highest BCUT2D eigenvalue weighted by Crippen LogP contribution is 2.18. The first-order chi connectivity index (χ1) is 10.5. The molecular weight excluding hydrogens is 276 g/mol. The van der Waals surface area contributed by atoms with Gasteiger partial charge < -0.3 is 10.1 Å². The quantitative estimate of drug-likeness (QED) is 0.937. The van der Waals surface area contributed by atoms with E-state index in [1.54, 1.807) is 31.2 Å². The van der Waals surface area contributed by atoms with Gasteiger partial charge in [-0.3, -0.25) is 4.79 Å². The van der Waals surface area contributed by atoms with Crippen LogP contribution < -0.4 is 10.1 Å². The van der Waals surface area contributed by atoms with Crippen LogP contribution >= 0.6 is 0 Å². The number of carbonyl (C=O) groups is 1. The first kappa shape index (κ1) is 15.6. The number of amides is 1. The highest BCUT2D eigenvalue weighted by Gasteiger charge is 2.15. The third kappa shape index (κ3) is 3.86. The molecule has 0 heterocycles. The van der Waals surface area contributed by atoms with Gasteiger partial charge in [-0.25, -0.2) is 0 Å². The second kappa shape index (κ2) is 6.77. The van der Waals surface area contributed by atoms with E-state index in [-0.39, 0.29) is 5.91 Å². The third-order valence-corrected chi connectivity index (χ3v) is 3.44. The van der Waals surface area contributed by atoms with E-state index >= 15 is 0 Å². The van der Waals surface area contributed by atoms with Gasteiger partial charge in [0.15, 0.2) is 6.10 Å². The molecule has 1 unspecified atom stereocenters. The summed E-state index contributed by atoms with van der Waals surface area (Å²) in [5, 5.41) is 11.5. The Morgan fingerprint density at radius 3 is 2.41 bits per heavy atom. The summed E-state index contributed by atoms with van der Waals surface area (Å²) in [6, 6.07) is 14.5. The second-order valence-electron chi connectivity index (χ2n) is 5.18. The maximum Gasteiger partial charge on any atom is 0.265 e. The number of aryl methyl sites for hydroxylation is 2. The average Bonchev–Trinajstić information content (AvgIpc) is 2.51. The van der Waals surface area contributed by atoms with Crippen molar-refractivity contribution in [2.75, 3.05) is 5.32 Å². The molecule has 2 aromatic carbocycles. The van der Waals surface area contributed by atoms with Gasteiger partial charge in [0.2, 0.25) is 0 Å². The molecule has 4 heteroatoms. The molecule has 0 aliphatic rings. The predicted molar refractivity (Wildman–Crippen MR) is 85.8 cm³/mol. The highest BCUT2D eigenvalue weighted by atomic mass is 16.5. The van der Waals surface area contributed by atoms with Crippen molar-refractivity contribution < 1.29 is 9.53 Å². The van der Waals surface area contributed by atoms with Crippen molar-refractivity contribution in [1.29, 1.82) is 5.26 Å². The smallest absolute Gasteiger partial charge is 0.265 e. The van der Waals surface area contributed by atoms with Gasteiger partial charge >= 0.3 is 0 Å². The van der Waals surface area contributed by atoms with Gasteiger partial charge in [-0.1, -0.05) is 6.07 Å². The molecule has 4 nitrogen and oxygen atoms in total. The summed E-state index contributed by atoms with van der Waals surface area (Å²) in [4.78, 5) is 12.1. The molecule has 1 atom stereocenters. The molecule has 0 fully saturated rings. The van der Waals surface area contributed by atoms with Crippen molar-refractivity contribution >= 4 is 11.6 Å². The number of hydrogen-bond donors (Lipinski definition) is 1. The Bertz CT molecular complexity index is 715. The Kier molecular flexibility index (Phi) is 4.80. The zero-order chi connectivity index (χ0) is 16.1. The van der Waals surface area contributed by atoms with Crippen LogP contribution in [0.15, 0.2) is 42.5 Å². The molecule has 112 valence electrons. The Balaban J connectivity index is 1.99. The maximum absolute atomic E-state index is 12.1. The van der Waals surface area contributed by atoms with Crippen LogP contribution in [0.1, 0.15) is 23.6 Å². The number of anilines is 1. The maximum atomic E-state index is 12.1. The minimum absolute atomic E-state index is 0.233. The van der Waals surface area contributed by atoms with Crippen LogP contribution in [-0.4, -0.2) is 12.0 Å². The van der Waals surface area contributed by atoms with E-state index in [1.807, 2.05) is 38.1 Å². The van der Waals surface area contributed by atoms with Crippen LogP contribution in [0.3, 0.4) is 0 Å². The van der Waals surface area contributed by atoms with Gasteiger partial charge in [0.05, 0.1) is 11.6 Å². The summed E-state index contributed by atoms with van der Waals surface area (Å²) in [6.45, 7) is 5.73. The fourth-order valence-electron chi connectivity index (χ4n) is 1.92. The van der Waals surface area contributed by atoms with E-state index in [4.69, 9.17) is 10.00 Å². The normalized spacial score (nSPS) is 11.4. The lowest BCUT2D eigenvalue weighted by Crippen LogP contribution is -2.30. The highest BCUT2D eigenvalue weighted by molar-refractivity contribution is 5.94. The lowest BCUT2D eigenvalue weighted by atomic mass is 10.1. The predicted octanol–water partition coefficient (Wildman–Crippen LogP) is 3.58. The van der Waals surface area contributed by atoms with E-state index in [9.17, 15) is 4.79 Å². The van der Waals surface area contributed by atoms with Gasteiger partial charge in [0, 0.05) is 5.69 Å². The number of rotatable bonds is 4. The van der Waals surface area contributed by atoms with Crippen LogP contribution in [0.25, 0.3) is 0 Å². The topological polar surface area (TPSA) is 62.1 Å². The van der Waals surface area contributed by atoms with E-state index in [2.05, 4.69) is 5.32 Å². The molecule has 22 heavy (non-hydrogen) atoms. The van der Waals surface area contributed by atoms with Gasteiger partial charge in [0.1, 0.15) is 5.75 Å². The Labute approximate surface area is 130 Å². The first-order valence-electron chi connectivity index (χ1n) is 7.04. The summed E-state index contributed by atoms with van der Waals surface area (Å²) in [6.07, 6.45) is -0.613. The minimum Gasteiger partial charge on any atom is -0.481 e. The van der Waals surface area contributed by atoms with E-state index in [1.165, 1.54) is 5.56 Å². The number of ether oxygens (including phenoxy) is 1. The average molecular weight is 294 g/mol. The molecule has 1 N–H and O–H groups in total. The zero-order valence-electron chi connectivity index (χ0n) is 12.9. The number of nitrogens with zero attached hydrogens (tertiary/aromatic N) is 1. The number of nitrogens with one attached hydrogen (secondary N) is 1. The summed E-state index contributed by atoms with van der Waals surface area (Å²) in [7, 11) is 0. The van der Waals surface area contributed by atoms with Gasteiger partial charge in [0.25, 0.3) is 5.91 Å². The van der Waals surface area contributed by atoms with E-state index in [0.29, 0.717) is 17.0 Å². The van der Waals surface area contributed by atoms with Crippen molar-refractivity contribution in [1.82, 2.24) is 0 Å². The SMILES string of the molecule is Cc1ccc(OC(C)C(=O)Nc2ccc(C#N)cc2)cc1C. The Morgan fingerprint density at radius 1 is 1.14 bits per heavy atom. The lowest BCUT2D eigenvalue weighted by Gasteiger charge is -2.15. The molecule has 0 aliphatic carbocycles. The molecule has 0 aromatic heterocycles.